The van der Waals surface area contributed by atoms with Crippen LogP contribution in [-0.2, 0) is 25.5 Å². The number of esters is 2. The highest BCUT2D eigenvalue weighted by Crippen LogP contribution is 2.23. The topological polar surface area (TPSA) is 71.1 Å². The fourth-order valence-corrected chi connectivity index (χ4v) is 4.86. The highest BCUT2D eigenvalue weighted by molar-refractivity contribution is 5.85. The predicted molar refractivity (Wildman–Crippen MR) is 195 cm³/mol. The van der Waals surface area contributed by atoms with Gasteiger partial charge >= 0.3 is 11.9 Å². The molecule has 0 bridgehead atoms. The summed E-state index contributed by atoms with van der Waals surface area (Å²) < 4.78 is 21.6. The van der Waals surface area contributed by atoms with Crippen molar-refractivity contribution < 1.29 is 28.5 Å². The van der Waals surface area contributed by atoms with Crippen LogP contribution in [0.25, 0.3) is 10.8 Å². The third kappa shape index (κ3) is 12.4. The lowest BCUT2D eigenvalue weighted by molar-refractivity contribution is -0.138. The summed E-state index contributed by atoms with van der Waals surface area (Å²) in [5, 5.41) is 2.22. The van der Waals surface area contributed by atoms with Gasteiger partial charge in [0.1, 0.15) is 11.5 Å². The Morgan fingerprint density at radius 2 is 1.10 bits per heavy atom. The number of benzene rings is 4. The molecule has 0 radical (unpaired) electrons. The predicted octanol–water partition coefficient (Wildman–Crippen LogP) is 8.37. The lowest BCUT2D eigenvalue weighted by Gasteiger charge is -2.08. The number of aryl methyl sites for hydroxylation is 1. The molecule has 6 nitrogen and oxygen atoms in total. The van der Waals surface area contributed by atoms with Crippen molar-refractivity contribution in [3.05, 3.63) is 132 Å². The molecule has 0 atom stereocenters. The second kappa shape index (κ2) is 19.8. The molecule has 250 valence electrons. The van der Waals surface area contributed by atoms with E-state index in [0.29, 0.717) is 32.8 Å². The Labute approximate surface area is 289 Å². The van der Waals surface area contributed by atoms with E-state index >= 15 is 0 Å². The molecule has 4 rings (SSSR count). The van der Waals surface area contributed by atoms with Crippen LogP contribution in [0.5, 0.6) is 11.5 Å². The normalized spacial score (nSPS) is 10.1. The number of ether oxygens (including phenoxy) is 4. The number of carbonyl (C=O) groups excluding carboxylic acids is 2. The summed E-state index contributed by atoms with van der Waals surface area (Å²) in [4.78, 5) is 22.1. The second-order valence-electron chi connectivity index (χ2n) is 11.2. The minimum Gasteiger partial charge on any atom is -0.494 e. The van der Waals surface area contributed by atoms with Crippen molar-refractivity contribution in [1.29, 1.82) is 0 Å². The van der Waals surface area contributed by atoms with Gasteiger partial charge in [-0.2, -0.15) is 0 Å². The first kappa shape index (κ1) is 36.1. The first-order valence-corrected chi connectivity index (χ1v) is 16.6. The zero-order valence-electron chi connectivity index (χ0n) is 28.1. The monoisotopic (exact) mass is 654 g/mol. The van der Waals surface area contributed by atoms with Crippen LogP contribution < -0.4 is 9.47 Å². The summed E-state index contributed by atoms with van der Waals surface area (Å²) in [5.41, 5.74) is 4.93. The van der Waals surface area contributed by atoms with Crippen molar-refractivity contribution in [2.24, 2.45) is 0 Å². The third-order valence-corrected chi connectivity index (χ3v) is 7.53. The van der Waals surface area contributed by atoms with Crippen molar-refractivity contribution in [3.63, 3.8) is 0 Å². The highest BCUT2D eigenvalue weighted by Gasteiger charge is 2.03. The van der Waals surface area contributed by atoms with Crippen LogP contribution in [0.15, 0.2) is 104 Å². The Bertz CT molecular complexity index is 1860. The Morgan fingerprint density at radius 3 is 1.84 bits per heavy atom. The van der Waals surface area contributed by atoms with E-state index in [1.807, 2.05) is 48.5 Å². The largest absolute Gasteiger partial charge is 0.494 e. The van der Waals surface area contributed by atoms with Crippen molar-refractivity contribution in [3.8, 4) is 35.2 Å². The van der Waals surface area contributed by atoms with Crippen molar-refractivity contribution in [1.82, 2.24) is 0 Å². The summed E-state index contributed by atoms with van der Waals surface area (Å²) in [7, 11) is 0. The van der Waals surface area contributed by atoms with E-state index in [2.05, 4.69) is 74.1 Å². The first-order valence-electron chi connectivity index (χ1n) is 16.6. The fourth-order valence-electron chi connectivity index (χ4n) is 4.86. The molecule has 49 heavy (non-hydrogen) atoms. The summed E-state index contributed by atoms with van der Waals surface area (Å²) >= 11 is 0. The average Bonchev–Trinajstić information content (AvgIpc) is 3.14. The SMILES string of the molecule is C=CC(=O)OCCCCCCOc1ccc2cc(C#Cc3ccc(C#Cc4ccc(OCCCOC(=O)C=C)cc4)cc3CC)ccc2c1. The minimum atomic E-state index is -0.428. The maximum absolute atomic E-state index is 11.1. The van der Waals surface area contributed by atoms with E-state index in [1.165, 1.54) is 6.08 Å². The van der Waals surface area contributed by atoms with Crippen LogP contribution in [0.2, 0.25) is 0 Å². The lowest BCUT2D eigenvalue weighted by atomic mass is 10.0. The maximum atomic E-state index is 11.1. The maximum Gasteiger partial charge on any atom is 0.330 e. The minimum absolute atomic E-state index is 0.295. The molecular formula is C43H42O6. The van der Waals surface area contributed by atoms with Crippen LogP contribution in [0.4, 0.5) is 0 Å². The fraction of sp³-hybridized carbons (Fsp3) is 0.256. The van der Waals surface area contributed by atoms with Gasteiger partial charge in [-0.15, -0.1) is 0 Å². The lowest BCUT2D eigenvalue weighted by Crippen LogP contribution is -2.06. The summed E-state index contributed by atoms with van der Waals surface area (Å²) in [5.74, 6) is 14.0. The Morgan fingerprint density at radius 1 is 0.571 bits per heavy atom. The van der Waals surface area contributed by atoms with Crippen molar-refractivity contribution >= 4 is 22.7 Å². The van der Waals surface area contributed by atoms with Crippen LogP contribution in [0.1, 0.15) is 66.8 Å². The zero-order chi connectivity index (χ0) is 34.7. The van der Waals surface area contributed by atoms with E-state index < -0.39 is 5.97 Å². The number of fused-ring (bicyclic) bond motifs is 1. The van der Waals surface area contributed by atoms with Gasteiger partial charge in [-0.25, -0.2) is 9.59 Å². The van der Waals surface area contributed by atoms with Gasteiger partial charge in [-0.3, -0.25) is 0 Å². The molecule has 0 unspecified atom stereocenters. The molecule has 0 aliphatic carbocycles. The molecule has 0 aromatic heterocycles. The van der Waals surface area contributed by atoms with Crippen LogP contribution in [0, 0.1) is 23.7 Å². The number of unbranched alkanes of at least 4 members (excludes halogenated alkanes) is 3. The first-order chi connectivity index (χ1) is 24.0. The quantitative estimate of drug-likeness (QED) is 0.0523. The number of carbonyl (C=O) groups is 2. The molecule has 6 heteroatoms. The smallest absolute Gasteiger partial charge is 0.330 e. The van der Waals surface area contributed by atoms with E-state index in [0.717, 1.165) is 88.3 Å². The van der Waals surface area contributed by atoms with Gasteiger partial charge in [-0.05, 0) is 115 Å². The summed E-state index contributed by atoms with van der Waals surface area (Å²) in [6.07, 6.45) is 7.58. The Balaban J connectivity index is 1.27. The second-order valence-corrected chi connectivity index (χ2v) is 11.2. The molecule has 0 heterocycles. The summed E-state index contributed by atoms with van der Waals surface area (Å²) in [6.45, 7) is 10.7. The van der Waals surface area contributed by atoms with Gasteiger partial charge in [0.05, 0.1) is 26.4 Å². The highest BCUT2D eigenvalue weighted by atomic mass is 16.5. The van der Waals surface area contributed by atoms with Crippen LogP contribution in [0.3, 0.4) is 0 Å². The van der Waals surface area contributed by atoms with Gasteiger partial charge in [0.25, 0.3) is 0 Å². The van der Waals surface area contributed by atoms with E-state index in [-0.39, 0.29) is 5.97 Å². The van der Waals surface area contributed by atoms with E-state index in [1.54, 1.807) is 0 Å². The van der Waals surface area contributed by atoms with Crippen molar-refractivity contribution in [2.75, 3.05) is 26.4 Å². The molecule has 0 saturated heterocycles. The molecule has 4 aromatic carbocycles. The van der Waals surface area contributed by atoms with Gasteiger partial charge in [0.15, 0.2) is 0 Å². The average molecular weight is 655 g/mol. The molecule has 0 fully saturated rings. The molecule has 0 aliphatic rings. The molecule has 0 aliphatic heterocycles. The zero-order valence-corrected chi connectivity index (χ0v) is 28.1. The van der Waals surface area contributed by atoms with E-state index in [9.17, 15) is 9.59 Å². The summed E-state index contributed by atoms with van der Waals surface area (Å²) in [6, 6.07) is 26.1. The van der Waals surface area contributed by atoms with E-state index in [4.69, 9.17) is 18.9 Å². The Hall–Kier alpha value is -5.72. The van der Waals surface area contributed by atoms with Gasteiger partial charge in [0, 0.05) is 40.8 Å². The van der Waals surface area contributed by atoms with Crippen molar-refractivity contribution in [2.45, 2.75) is 45.4 Å². The third-order valence-electron chi connectivity index (χ3n) is 7.53. The van der Waals surface area contributed by atoms with Gasteiger partial charge in [-0.1, -0.05) is 55.9 Å². The number of hydrogen-bond donors (Lipinski definition) is 0. The van der Waals surface area contributed by atoms with Crippen LogP contribution in [-0.4, -0.2) is 38.4 Å². The number of rotatable bonds is 16. The van der Waals surface area contributed by atoms with Gasteiger partial charge < -0.3 is 18.9 Å². The molecular weight excluding hydrogens is 612 g/mol. The molecule has 0 amide bonds. The molecule has 4 aromatic rings. The standard InChI is InChI=1S/C43H42O6/c1-4-36-30-34(13-12-33-17-23-40(24-18-33)46-28-11-29-49-43(45)6-3)14-19-37(36)20-15-35-16-21-39-32-41(25-22-38(39)31-35)47-26-9-7-8-10-27-48-42(44)5-2/h5-6,14,16-19,21-25,30-32H,2-4,7-11,26-29H2,1H3. The van der Waals surface area contributed by atoms with Gasteiger partial charge in [0.2, 0.25) is 0 Å². The molecule has 0 N–H and O–H groups in total. The number of hydrogen-bond acceptors (Lipinski definition) is 6. The Kier molecular flexibility index (Phi) is 14.6. The molecule has 0 spiro atoms. The molecule has 0 saturated carbocycles. The van der Waals surface area contributed by atoms with Crippen LogP contribution >= 0.6 is 0 Å².